The number of aryl methyl sites for hydroxylation is 1. The lowest BCUT2D eigenvalue weighted by Gasteiger charge is -2.30. The maximum Gasteiger partial charge on any atom is 0.244 e. The number of hydrogen-bond acceptors (Lipinski definition) is 4. The molecule has 0 fully saturated rings. The molecule has 0 aromatic heterocycles. The van der Waals surface area contributed by atoms with Crippen molar-refractivity contribution in [3.8, 4) is 5.75 Å². The van der Waals surface area contributed by atoms with Gasteiger partial charge in [-0.25, -0.2) is 8.42 Å². The lowest BCUT2D eigenvalue weighted by Crippen LogP contribution is -2.50. The molecule has 6 nitrogen and oxygen atoms in total. The molecule has 8 heteroatoms. The van der Waals surface area contributed by atoms with E-state index in [9.17, 15) is 13.2 Å². The zero-order chi connectivity index (χ0) is 20.7. The first-order chi connectivity index (χ1) is 13.2. The van der Waals surface area contributed by atoms with Crippen molar-refractivity contribution in [3.63, 3.8) is 0 Å². The number of amides is 1. The molecule has 1 atom stereocenters. The van der Waals surface area contributed by atoms with Crippen LogP contribution in [-0.4, -0.2) is 39.8 Å². The van der Waals surface area contributed by atoms with Crippen LogP contribution in [0.4, 0.5) is 5.69 Å². The summed E-state index contributed by atoms with van der Waals surface area (Å²) in [7, 11) is -3.69. The lowest BCUT2D eigenvalue weighted by atomic mass is 10.2. The number of benzene rings is 2. The molecule has 2 aromatic carbocycles. The Morgan fingerprint density at radius 2 is 1.89 bits per heavy atom. The van der Waals surface area contributed by atoms with E-state index in [1.54, 1.807) is 25.1 Å². The second-order valence-electron chi connectivity index (χ2n) is 6.42. The summed E-state index contributed by atoms with van der Waals surface area (Å²) >= 11 is 6.00. The van der Waals surface area contributed by atoms with Gasteiger partial charge >= 0.3 is 0 Å². The lowest BCUT2D eigenvalue weighted by molar-refractivity contribution is -0.122. The second-order valence-corrected chi connectivity index (χ2v) is 8.71. The summed E-state index contributed by atoms with van der Waals surface area (Å²) in [5.74, 6) is 0.323. The SMILES string of the molecule is CC[C@@H](C(=O)NCCOc1ccc(C)cc1)N(c1cccc(Cl)c1)S(C)(=O)=O. The molecule has 0 saturated heterocycles. The van der Waals surface area contributed by atoms with Crippen LogP contribution in [0, 0.1) is 6.92 Å². The smallest absolute Gasteiger partial charge is 0.244 e. The van der Waals surface area contributed by atoms with Crippen molar-refractivity contribution in [3.05, 3.63) is 59.1 Å². The third-order valence-electron chi connectivity index (χ3n) is 4.08. The number of nitrogens with one attached hydrogen (secondary N) is 1. The standard InChI is InChI=1S/C20H25ClN2O4S/c1-4-19(23(28(3,25)26)17-7-5-6-16(21)14-17)20(24)22-12-13-27-18-10-8-15(2)9-11-18/h5-11,14,19H,4,12-13H2,1-3H3,(H,22,24)/t19-/m0/s1. The Hall–Kier alpha value is -2.25. The van der Waals surface area contributed by atoms with E-state index >= 15 is 0 Å². The van der Waals surface area contributed by atoms with E-state index in [4.69, 9.17) is 16.3 Å². The van der Waals surface area contributed by atoms with Crippen LogP contribution >= 0.6 is 11.6 Å². The zero-order valence-corrected chi connectivity index (χ0v) is 17.8. The largest absolute Gasteiger partial charge is 0.492 e. The Balaban J connectivity index is 2.04. The summed E-state index contributed by atoms with van der Waals surface area (Å²) in [6, 6.07) is 13.2. The molecule has 152 valence electrons. The monoisotopic (exact) mass is 424 g/mol. The van der Waals surface area contributed by atoms with Gasteiger partial charge in [0, 0.05) is 5.02 Å². The van der Waals surface area contributed by atoms with Crippen LogP contribution < -0.4 is 14.4 Å². The molecule has 0 aliphatic heterocycles. The number of anilines is 1. The normalized spacial score (nSPS) is 12.3. The van der Waals surface area contributed by atoms with Gasteiger partial charge in [-0.2, -0.15) is 0 Å². The number of rotatable bonds is 9. The van der Waals surface area contributed by atoms with Crippen LogP contribution in [0.15, 0.2) is 48.5 Å². The topological polar surface area (TPSA) is 75.7 Å². The number of carbonyl (C=O) groups excluding carboxylic acids is 1. The van der Waals surface area contributed by atoms with E-state index in [1.165, 1.54) is 6.07 Å². The van der Waals surface area contributed by atoms with E-state index in [1.807, 2.05) is 31.2 Å². The van der Waals surface area contributed by atoms with Gasteiger partial charge in [-0.05, 0) is 43.7 Å². The Labute approximate surface area is 171 Å². The van der Waals surface area contributed by atoms with Crippen molar-refractivity contribution in [1.82, 2.24) is 5.32 Å². The first-order valence-corrected chi connectivity index (χ1v) is 11.2. The molecular formula is C20H25ClN2O4S. The van der Waals surface area contributed by atoms with E-state index in [0.717, 1.165) is 16.1 Å². The van der Waals surface area contributed by atoms with Crippen molar-refractivity contribution in [2.24, 2.45) is 0 Å². The molecule has 2 rings (SSSR count). The Morgan fingerprint density at radius 3 is 2.46 bits per heavy atom. The Bertz CT molecular complexity index is 901. The summed E-state index contributed by atoms with van der Waals surface area (Å²) in [6.45, 7) is 4.29. The molecule has 2 aromatic rings. The predicted octanol–water partition coefficient (Wildman–Crippen LogP) is 3.39. The van der Waals surface area contributed by atoms with Gasteiger partial charge in [-0.1, -0.05) is 42.3 Å². The molecule has 0 radical (unpaired) electrons. The molecule has 1 N–H and O–H groups in total. The maximum atomic E-state index is 12.7. The molecule has 0 heterocycles. The number of nitrogens with zero attached hydrogens (tertiary/aromatic N) is 1. The molecule has 0 bridgehead atoms. The van der Waals surface area contributed by atoms with E-state index in [2.05, 4.69) is 5.32 Å². The van der Waals surface area contributed by atoms with Gasteiger partial charge < -0.3 is 10.1 Å². The van der Waals surface area contributed by atoms with Gasteiger partial charge in [0.05, 0.1) is 18.5 Å². The number of hydrogen-bond donors (Lipinski definition) is 1. The first-order valence-electron chi connectivity index (χ1n) is 8.94. The average molecular weight is 425 g/mol. The van der Waals surface area contributed by atoms with Crippen molar-refractivity contribution >= 4 is 33.2 Å². The van der Waals surface area contributed by atoms with Crippen LogP contribution in [0.1, 0.15) is 18.9 Å². The summed E-state index contributed by atoms with van der Waals surface area (Å²) in [4.78, 5) is 12.7. The zero-order valence-electron chi connectivity index (χ0n) is 16.2. The average Bonchev–Trinajstić information content (AvgIpc) is 2.63. The fraction of sp³-hybridized carbons (Fsp3) is 0.350. The minimum absolute atomic E-state index is 0.260. The van der Waals surface area contributed by atoms with Crippen LogP contribution in [-0.2, 0) is 14.8 Å². The summed E-state index contributed by atoms with van der Waals surface area (Å²) in [5.41, 5.74) is 1.49. The third-order valence-corrected chi connectivity index (χ3v) is 5.50. The van der Waals surface area contributed by atoms with Crippen molar-refractivity contribution in [2.75, 3.05) is 23.7 Å². The Morgan fingerprint density at radius 1 is 1.21 bits per heavy atom. The third kappa shape index (κ3) is 6.14. The van der Waals surface area contributed by atoms with Gasteiger partial charge in [0.1, 0.15) is 18.4 Å². The van der Waals surface area contributed by atoms with Crippen LogP contribution in [0.3, 0.4) is 0 Å². The number of halogens is 1. The number of carbonyl (C=O) groups is 1. The number of sulfonamides is 1. The predicted molar refractivity (Wildman–Crippen MR) is 113 cm³/mol. The van der Waals surface area contributed by atoms with Crippen molar-refractivity contribution < 1.29 is 17.9 Å². The second kappa shape index (κ2) is 9.80. The highest BCUT2D eigenvalue weighted by Gasteiger charge is 2.31. The highest BCUT2D eigenvalue weighted by Crippen LogP contribution is 2.25. The molecule has 0 aliphatic rings. The van der Waals surface area contributed by atoms with E-state index in [0.29, 0.717) is 22.9 Å². The minimum Gasteiger partial charge on any atom is -0.492 e. The molecule has 0 aliphatic carbocycles. The van der Waals surface area contributed by atoms with E-state index < -0.39 is 16.1 Å². The molecule has 0 saturated carbocycles. The quantitative estimate of drug-likeness (QED) is 0.626. The first kappa shape index (κ1) is 22.0. The highest BCUT2D eigenvalue weighted by atomic mass is 35.5. The summed E-state index contributed by atoms with van der Waals surface area (Å²) in [6.07, 6.45) is 1.38. The molecular weight excluding hydrogens is 400 g/mol. The maximum absolute atomic E-state index is 12.7. The summed E-state index contributed by atoms with van der Waals surface area (Å²) < 4.78 is 31.4. The van der Waals surface area contributed by atoms with Crippen LogP contribution in [0.2, 0.25) is 5.02 Å². The Kier molecular flexibility index (Phi) is 7.71. The molecule has 28 heavy (non-hydrogen) atoms. The molecule has 0 unspecified atom stereocenters. The fourth-order valence-corrected chi connectivity index (χ4v) is 4.16. The van der Waals surface area contributed by atoms with E-state index in [-0.39, 0.29) is 19.1 Å². The molecule has 1 amide bonds. The van der Waals surface area contributed by atoms with Gasteiger partial charge in [0.25, 0.3) is 0 Å². The van der Waals surface area contributed by atoms with Gasteiger partial charge in [-0.3, -0.25) is 9.10 Å². The highest BCUT2D eigenvalue weighted by molar-refractivity contribution is 7.92. The van der Waals surface area contributed by atoms with Gasteiger partial charge in [-0.15, -0.1) is 0 Å². The van der Waals surface area contributed by atoms with Gasteiger partial charge in [0.2, 0.25) is 15.9 Å². The van der Waals surface area contributed by atoms with Crippen molar-refractivity contribution in [2.45, 2.75) is 26.3 Å². The number of ether oxygens (including phenoxy) is 1. The van der Waals surface area contributed by atoms with Crippen LogP contribution in [0.25, 0.3) is 0 Å². The fourth-order valence-electron chi connectivity index (χ4n) is 2.77. The van der Waals surface area contributed by atoms with Crippen LogP contribution in [0.5, 0.6) is 5.75 Å². The minimum atomic E-state index is -3.69. The van der Waals surface area contributed by atoms with Crippen molar-refractivity contribution in [1.29, 1.82) is 0 Å². The summed E-state index contributed by atoms with van der Waals surface area (Å²) in [5, 5.41) is 3.15. The molecule has 0 spiro atoms. The van der Waals surface area contributed by atoms with Gasteiger partial charge in [0.15, 0.2) is 0 Å².